The highest BCUT2D eigenvalue weighted by atomic mass is 16.3. The third-order valence-corrected chi connectivity index (χ3v) is 14.8. The molecular weight excluding hydrogens is 859 g/mol. The van der Waals surface area contributed by atoms with Crippen LogP contribution in [0, 0.1) is 5.41 Å². The highest BCUT2D eigenvalue weighted by molar-refractivity contribution is 6.07. The lowest BCUT2D eigenvalue weighted by Crippen LogP contribution is -2.57. The number of hydrogen-bond donors (Lipinski definition) is 4. The Bertz CT molecular complexity index is 2940. The molecule has 5 aromatic rings. The third-order valence-electron chi connectivity index (χ3n) is 14.8. The molecule has 2 saturated heterocycles. The molecule has 7 heterocycles. The smallest absolute Gasteiger partial charge is 0.293 e. The quantitative estimate of drug-likeness (QED) is 0.122. The zero-order valence-corrected chi connectivity index (χ0v) is 39.9. The van der Waals surface area contributed by atoms with Crippen LogP contribution in [0.5, 0.6) is 0 Å². The largest absolute Gasteiger partial charge is 0.392 e. The average Bonchev–Trinajstić information content (AvgIpc) is 3.90. The van der Waals surface area contributed by atoms with Crippen molar-refractivity contribution in [3.8, 4) is 11.3 Å². The van der Waals surface area contributed by atoms with Gasteiger partial charge in [-0.05, 0) is 105 Å². The summed E-state index contributed by atoms with van der Waals surface area (Å²) in [7, 11) is 1.64. The van der Waals surface area contributed by atoms with E-state index in [0.717, 1.165) is 80.9 Å². The molecule has 1 unspecified atom stereocenters. The number of aliphatic hydroxyl groups excluding tert-OH is 1. The van der Waals surface area contributed by atoms with Crippen LogP contribution in [0.3, 0.4) is 0 Å². The van der Waals surface area contributed by atoms with Crippen LogP contribution in [-0.4, -0.2) is 98.2 Å². The highest BCUT2D eigenvalue weighted by Gasteiger charge is 2.40. The van der Waals surface area contributed by atoms with E-state index in [9.17, 15) is 24.3 Å². The van der Waals surface area contributed by atoms with Gasteiger partial charge in [0.15, 0.2) is 5.82 Å². The Kier molecular flexibility index (Phi) is 11.3. The minimum absolute atomic E-state index is 0.000746. The van der Waals surface area contributed by atoms with Crippen molar-refractivity contribution in [3.63, 3.8) is 0 Å². The summed E-state index contributed by atoms with van der Waals surface area (Å²) in [6, 6.07) is 16.1. The molecule has 1 atom stereocenters. The van der Waals surface area contributed by atoms with Crippen LogP contribution in [0.2, 0.25) is 0 Å². The van der Waals surface area contributed by atoms with Crippen LogP contribution in [0.1, 0.15) is 90.7 Å². The number of pyridine rings is 1. The molecule has 0 spiro atoms. The van der Waals surface area contributed by atoms with Gasteiger partial charge >= 0.3 is 0 Å². The van der Waals surface area contributed by atoms with Gasteiger partial charge in [0.05, 0.1) is 34.8 Å². The van der Waals surface area contributed by atoms with Gasteiger partial charge in [-0.15, -0.1) is 0 Å². The summed E-state index contributed by atoms with van der Waals surface area (Å²) in [6.07, 6.45) is 8.28. The maximum absolute atomic E-state index is 14.1. The molecule has 1 aliphatic carbocycles. The standard InChI is InChI=1S/C52H61N11O5/c1-8-44(65)55-38-25-33(12-13-40(38)61-21-20-60(28-31(61)2)34-15-18-59(19-16-34)41-11-9-10-37-45(41)48(66)57-52(37,5)6)54-46-50(68)58(7)29-39(56-46)35-14-17-53-47(36(35)30-64)63-23-22-62-42(49(63)67)24-32-26-51(3,4)27-43(32)62/h8-14,17,24-25,29,31,34,64H,1,15-16,18-23,26-28,30H2,2-7H3,(H,54,56)(H,55,65)(H,57,66). The number of benzene rings is 2. The predicted octanol–water partition coefficient (Wildman–Crippen LogP) is 5.95. The van der Waals surface area contributed by atoms with Crippen LogP contribution in [-0.2, 0) is 43.4 Å². The number of piperazine rings is 1. The highest BCUT2D eigenvalue weighted by Crippen LogP contribution is 2.41. The molecule has 68 heavy (non-hydrogen) atoms. The number of amides is 3. The summed E-state index contributed by atoms with van der Waals surface area (Å²) in [6.45, 7) is 19.3. The minimum atomic E-state index is -0.406. The second-order valence-corrected chi connectivity index (χ2v) is 20.4. The van der Waals surface area contributed by atoms with Crippen molar-refractivity contribution in [2.45, 2.75) is 91.1 Å². The number of aromatic nitrogens is 4. The first-order valence-electron chi connectivity index (χ1n) is 23.8. The monoisotopic (exact) mass is 919 g/mol. The second-order valence-electron chi connectivity index (χ2n) is 20.4. The van der Waals surface area contributed by atoms with E-state index in [1.807, 2.05) is 18.2 Å². The first-order valence-corrected chi connectivity index (χ1v) is 23.8. The minimum Gasteiger partial charge on any atom is -0.392 e. The van der Waals surface area contributed by atoms with E-state index in [-0.39, 0.29) is 46.1 Å². The van der Waals surface area contributed by atoms with Gasteiger partial charge in [-0.2, -0.15) is 0 Å². The molecule has 3 amide bonds. The topological polar surface area (TPSA) is 173 Å². The Balaban J connectivity index is 0.855. The van der Waals surface area contributed by atoms with Crippen LogP contribution in [0.4, 0.5) is 34.4 Å². The Hall–Kier alpha value is -6.78. The average molecular weight is 920 g/mol. The van der Waals surface area contributed by atoms with Crippen molar-refractivity contribution in [1.29, 1.82) is 0 Å². The summed E-state index contributed by atoms with van der Waals surface area (Å²) in [5.74, 6) is -0.122. The van der Waals surface area contributed by atoms with Crippen molar-refractivity contribution >= 4 is 52.1 Å². The molecule has 2 fully saturated rings. The van der Waals surface area contributed by atoms with E-state index in [2.05, 4.69) is 99.6 Å². The number of nitrogens with one attached hydrogen (secondary N) is 3. The molecule has 2 aromatic carbocycles. The number of aryl methyl sites for hydroxylation is 1. The molecule has 354 valence electrons. The van der Waals surface area contributed by atoms with Crippen LogP contribution >= 0.6 is 0 Å². The first-order chi connectivity index (χ1) is 32.5. The normalized spacial score (nSPS) is 19.9. The Morgan fingerprint density at radius 2 is 1.76 bits per heavy atom. The van der Waals surface area contributed by atoms with Crippen molar-refractivity contribution in [1.82, 2.24) is 29.3 Å². The van der Waals surface area contributed by atoms with E-state index in [0.29, 0.717) is 58.8 Å². The van der Waals surface area contributed by atoms with E-state index in [4.69, 9.17) is 4.98 Å². The number of rotatable bonds is 10. The number of piperidine rings is 1. The lowest BCUT2D eigenvalue weighted by molar-refractivity contribution is -0.111. The Morgan fingerprint density at radius 1 is 0.971 bits per heavy atom. The number of anilines is 6. The molecule has 16 nitrogen and oxygen atoms in total. The lowest BCUT2D eigenvalue weighted by Gasteiger charge is -2.47. The number of carbonyl (C=O) groups excluding carboxylic acids is 3. The van der Waals surface area contributed by atoms with E-state index in [1.165, 1.54) is 21.9 Å². The maximum atomic E-state index is 14.1. The fraction of sp³-hybridized carbons (Fsp3) is 0.423. The summed E-state index contributed by atoms with van der Waals surface area (Å²) >= 11 is 0. The van der Waals surface area contributed by atoms with Crippen molar-refractivity contribution < 1.29 is 19.5 Å². The van der Waals surface area contributed by atoms with Gasteiger partial charge in [-0.25, -0.2) is 9.97 Å². The fourth-order valence-corrected chi connectivity index (χ4v) is 11.4. The molecule has 0 saturated carbocycles. The summed E-state index contributed by atoms with van der Waals surface area (Å²) in [4.78, 5) is 72.0. The van der Waals surface area contributed by atoms with Gasteiger partial charge in [-0.3, -0.25) is 29.0 Å². The molecule has 10 rings (SSSR count). The lowest BCUT2D eigenvalue weighted by atomic mass is 9.90. The summed E-state index contributed by atoms with van der Waals surface area (Å²) in [5.41, 5.74) is 8.69. The van der Waals surface area contributed by atoms with Gasteiger partial charge in [0.2, 0.25) is 5.91 Å². The van der Waals surface area contributed by atoms with Crippen LogP contribution in [0.15, 0.2) is 78.4 Å². The predicted molar refractivity (Wildman–Crippen MR) is 265 cm³/mol. The molecule has 16 heteroatoms. The van der Waals surface area contributed by atoms with Gasteiger partial charge in [0.25, 0.3) is 17.4 Å². The summed E-state index contributed by atoms with van der Waals surface area (Å²) in [5, 5.41) is 20.2. The first kappa shape index (κ1) is 45.0. The van der Waals surface area contributed by atoms with Gasteiger partial charge in [0, 0.05) is 106 Å². The van der Waals surface area contributed by atoms with Crippen molar-refractivity contribution in [3.05, 3.63) is 118 Å². The van der Waals surface area contributed by atoms with Gasteiger partial charge in [-0.1, -0.05) is 32.6 Å². The Labute approximate surface area is 396 Å². The maximum Gasteiger partial charge on any atom is 0.293 e. The van der Waals surface area contributed by atoms with Crippen molar-refractivity contribution in [2.24, 2.45) is 12.5 Å². The molecule has 0 bridgehead atoms. The zero-order valence-electron chi connectivity index (χ0n) is 39.9. The molecule has 3 aromatic heterocycles. The molecule has 4 aliphatic heterocycles. The number of fused-ring (bicyclic) bond motifs is 4. The molecule has 0 radical (unpaired) electrons. The fourth-order valence-electron chi connectivity index (χ4n) is 11.4. The van der Waals surface area contributed by atoms with E-state index >= 15 is 0 Å². The van der Waals surface area contributed by atoms with Crippen molar-refractivity contribution in [2.75, 3.05) is 64.6 Å². The zero-order chi connectivity index (χ0) is 47.8. The molecule has 4 N–H and O–H groups in total. The molecular formula is C52H61N11O5. The number of hydrogen-bond acceptors (Lipinski definition) is 11. The van der Waals surface area contributed by atoms with Gasteiger partial charge in [0.1, 0.15) is 11.5 Å². The number of carbonyl (C=O) groups is 3. The Morgan fingerprint density at radius 3 is 2.51 bits per heavy atom. The number of aliphatic hydroxyl groups is 1. The number of nitrogens with zero attached hydrogens (tertiary/aromatic N) is 8. The van der Waals surface area contributed by atoms with E-state index in [1.54, 1.807) is 36.5 Å². The summed E-state index contributed by atoms with van der Waals surface area (Å²) < 4.78 is 3.58. The van der Waals surface area contributed by atoms with Crippen LogP contribution in [0.25, 0.3) is 11.3 Å². The second kappa shape index (κ2) is 17.1. The SMILES string of the molecule is C=CC(=O)Nc1cc(Nc2nc(-c3ccnc(N4CCn5c(cc6c5CC(C)(C)C6)C4=O)c3CO)cn(C)c2=O)ccc1N1CCN(C2CCN(c3cccc4c3C(=O)NC4(C)C)CC2)CC1C. The third kappa shape index (κ3) is 7.92. The van der Waals surface area contributed by atoms with Crippen LogP contribution < -0.4 is 36.2 Å². The van der Waals surface area contributed by atoms with E-state index < -0.39 is 6.61 Å². The van der Waals surface area contributed by atoms with Gasteiger partial charge < -0.3 is 40.0 Å². The molecule has 5 aliphatic rings.